The summed E-state index contributed by atoms with van der Waals surface area (Å²) in [4.78, 5) is 3.29. The van der Waals surface area contributed by atoms with Crippen molar-refractivity contribution in [3.63, 3.8) is 0 Å². The van der Waals surface area contributed by atoms with Crippen LogP contribution >= 0.6 is 0 Å². The second kappa shape index (κ2) is 7.40. The van der Waals surface area contributed by atoms with Gasteiger partial charge < -0.3 is 4.98 Å². The van der Waals surface area contributed by atoms with Gasteiger partial charge in [-0.1, -0.05) is 37.5 Å². The number of nitrogens with zero attached hydrogens (tertiary/aromatic N) is 1. The number of aryl methyl sites for hydroxylation is 1. The molecule has 118 valence electrons. The van der Waals surface area contributed by atoms with E-state index in [0.29, 0.717) is 12.1 Å². The highest BCUT2D eigenvalue weighted by Gasteiger charge is 2.15. The largest absolute Gasteiger partial charge is 0.360 e. The third kappa shape index (κ3) is 4.31. The van der Waals surface area contributed by atoms with Crippen LogP contribution in [0.1, 0.15) is 43.9 Å². The molecule has 1 aromatic heterocycles. The molecular weight excluding hydrogens is 296 g/mol. The van der Waals surface area contributed by atoms with E-state index < -0.39 is 10.0 Å². The predicted molar refractivity (Wildman–Crippen MR) is 89.8 cm³/mol. The van der Waals surface area contributed by atoms with Crippen LogP contribution in [0.2, 0.25) is 0 Å². The quantitative estimate of drug-likeness (QED) is 0.617. The number of rotatable bonds is 7. The summed E-state index contributed by atoms with van der Waals surface area (Å²) in [5.74, 6) is 0. The van der Waals surface area contributed by atoms with Crippen molar-refractivity contribution < 1.29 is 8.42 Å². The predicted octanol–water partition coefficient (Wildman–Crippen LogP) is 4.08. The van der Waals surface area contributed by atoms with E-state index >= 15 is 0 Å². The molecular formula is C17H22N2O2S. The van der Waals surface area contributed by atoms with Gasteiger partial charge in [0.15, 0.2) is 0 Å². The molecule has 4 nitrogen and oxygen atoms in total. The Morgan fingerprint density at radius 1 is 1.14 bits per heavy atom. The maximum Gasteiger partial charge on any atom is 0.282 e. The molecule has 2 aromatic rings. The molecule has 2 rings (SSSR count). The van der Waals surface area contributed by atoms with Gasteiger partial charge in [-0.2, -0.15) is 12.8 Å². The van der Waals surface area contributed by atoms with Gasteiger partial charge in [0.25, 0.3) is 10.0 Å². The number of aromatic nitrogens is 1. The number of aromatic amines is 1. The van der Waals surface area contributed by atoms with E-state index in [1.54, 1.807) is 30.5 Å². The van der Waals surface area contributed by atoms with Crippen LogP contribution in [-0.4, -0.2) is 19.1 Å². The Labute approximate surface area is 132 Å². The third-order valence-electron chi connectivity index (χ3n) is 3.48. The Balaban J connectivity index is 2.32. The lowest BCUT2D eigenvalue weighted by Gasteiger charge is -2.06. The van der Waals surface area contributed by atoms with Gasteiger partial charge >= 0.3 is 0 Å². The summed E-state index contributed by atoms with van der Waals surface area (Å²) in [6, 6.07) is 10.5. The van der Waals surface area contributed by atoms with Crippen molar-refractivity contribution in [3.8, 4) is 0 Å². The van der Waals surface area contributed by atoms with Gasteiger partial charge in [0, 0.05) is 6.20 Å². The average Bonchev–Trinajstić information content (AvgIpc) is 3.01. The first-order valence-corrected chi connectivity index (χ1v) is 9.01. The number of H-pyrrole nitrogens is 1. The molecule has 0 aliphatic carbocycles. The Hall–Kier alpha value is -1.88. The summed E-state index contributed by atoms with van der Waals surface area (Å²) >= 11 is 0. The van der Waals surface area contributed by atoms with Crippen molar-refractivity contribution in [3.05, 3.63) is 53.9 Å². The maximum absolute atomic E-state index is 12.5. The zero-order valence-electron chi connectivity index (χ0n) is 13.0. The molecule has 1 N–H and O–H groups in total. The summed E-state index contributed by atoms with van der Waals surface area (Å²) < 4.78 is 29.0. The van der Waals surface area contributed by atoms with E-state index in [0.717, 1.165) is 30.5 Å². The van der Waals surface area contributed by atoms with Crippen molar-refractivity contribution in [2.24, 2.45) is 4.40 Å². The molecule has 0 amide bonds. The van der Waals surface area contributed by atoms with Gasteiger partial charge in [0.1, 0.15) is 0 Å². The SMILES string of the molecule is CCCCC/C(=N\S(=O)(=O)c1ccc(C)cc1)c1ccc[nH]1. The van der Waals surface area contributed by atoms with Crippen LogP contribution in [0.15, 0.2) is 51.9 Å². The minimum atomic E-state index is -3.67. The van der Waals surface area contributed by atoms with Gasteiger partial charge in [-0.05, 0) is 44.0 Å². The van der Waals surface area contributed by atoms with Crippen LogP contribution in [0.3, 0.4) is 0 Å². The summed E-state index contributed by atoms with van der Waals surface area (Å²) in [5, 5.41) is 0. The topological polar surface area (TPSA) is 62.3 Å². The third-order valence-corrected chi connectivity index (χ3v) is 4.80. The molecule has 0 aliphatic heterocycles. The number of unbranched alkanes of at least 4 members (excludes halogenated alkanes) is 2. The lowest BCUT2D eigenvalue weighted by molar-refractivity contribution is 0.597. The van der Waals surface area contributed by atoms with Gasteiger partial charge in [-0.3, -0.25) is 0 Å². The zero-order valence-corrected chi connectivity index (χ0v) is 13.9. The van der Waals surface area contributed by atoms with Crippen LogP contribution in [0.5, 0.6) is 0 Å². The lowest BCUT2D eigenvalue weighted by Crippen LogP contribution is -2.07. The van der Waals surface area contributed by atoms with Crippen molar-refractivity contribution in [2.75, 3.05) is 0 Å². The first-order valence-electron chi connectivity index (χ1n) is 7.57. The van der Waals surface area contributed by atoms with Crippen LogP contribution in [0.4, 0.5) is 0 Å². The molecule has 0 spiro atoms. The molecule has 0 saturated carbocycles. The van der Waals surface area contributed by atoms with Crippen molar-refractivity contribution in [1.29, 1.82) is 0 Å². The second-order valence-corrected chi connectivity index (χ2v) is 6.97. The van der Waals surface area contributed by atoms with E-state index in [2.05, 4.69) is 16.3 Å². The normalized spacial score (nSPS) is 12.5. The molecule has 0 radical (unpaired) electrons. The summed E-state index contributed by atoms with van der Waals surface area (Å²) in [6.07, 6.45) is 5.51. The summed E-state index contributed by atoms with van der Waals surface area (Å²) in [7, 11) is -3.67. The average molecular weight is 318 g/mol. The molecule has 0 aliphatic rings. The van der Waals surface area contributed by atoms with E-state index in [1.807, 2.05) is 19.1 Å². The van der Waals surface area contributed by atoms with Crippen LogP contribution in [0, 0.1) is 6.92 Å². The first kappa shape index (κ1) is 16.5. The standard InChI is InChI=1S/C17H22N2O2S/c1-3-4-5-7-17(16-8-6-13-18-16)19-22(20,21)15-11-9-14(2)10-12-15/h6,8-13,18H,3-5,7H2,1-2H3/b19-17+. The van der Waals surface area contributed by atoms with Crippen molar-refractivity contribution in [1.82, 2.24) is 4.98 Å². The van der Waals surface area contributed by atoms with Gasteiger partial charge in [0.05, 0.1) is 16.3 Å². The molecule has 5 heteroatoms. The Kier molecular flexibility index (Phi) is 5.55. The fourth-order valence-electron chi connectivity index (χ4n) is 2.19. The first-order chi connectivity index (χ1) is 10.5. The van der Waals surface area contributed by atoms with E-state index in [1.165, 1.54) is 0 Å². The molecule has 0 atom stereocenters. The lowest BCUT2D eigenvalue weighted by atomic mass is 10.1. The number of sulfonamides is 1. The molecule has 1 aromatic carbocycles. The fourth-order valence-corrected chi connectivity index (χ4v) is 3.25. The second-order valence-electron chi connectivity index (χ2n) is 5.37. The summed E-state index contributed by atoms with van der Waals surface area (Å²) in [6.45, 7) is 4.04. The minimum Gasteiger partial charge on any atom is -0.360 e. The van der Waals surface area contributed by atoms with Crippen molar-refractivity contribution in [2.45, 2.75) is 44.4 Å². The van der Waals surface area contributed by atoms with Crippen LogP contribution in [-0.2, 0) is 10.0 Å². The minimum absolute atomic E-state index is 0.234. The molecule has 0 saturated heterocycles. The van der Waals surface area contributed by atoms with E-state index in [9.17, 15) is 8.42 Å². The maximum atomic E-state index is 12.5. The zero-order chi connectivity index (χ0) is 16.0. The molecule has 22 heavy (non-hydrogen) atoms. The number of benzene rings is 1. The molecule has 1 heterocycles. The Morgan fingerprint density at radius 3 is 2.45 bits per heavy atom. The highest BCUT2D eigenvalue weighted by molar-refractivity contribution is 7.90. The number of nitrogens with one attached hydrogen (secondary N) is 1. The molecule has 0 unspecified atom stereocenters. The van der Waals surface area contributed by atoms with E-state index in [-0.39, 0.29) is 4.90 Å². The highest BCUT2D eigenvalue weighted by Crippen LogP contribution is 2.16. The number of hydrogen-bond donors (Lipinski definition) is 1. The fraction of sp³-hybridized carbons (Fsp3) is 0.353. The smallest absolute Gasteiger partial charge is 0.282 e. The van der Waals surface area contributed by atoms with E-state index in [4.69, 9.17) is 0 Å². The molecule has 0 bridgehead atoms. The Morgan fingerprint density at radius 2 is 1.86 bits per heavy atom. The molecule has 0 fully saturated rings. The van der Waals surface area contributed by atoms with Gasteiger partial charge in [-0.25, -0.2) is 0 Å². The van der Waals surface area contributed by atoms with Crippen molar-refractivity contribution >= 4 is 15.7 Å². The monoisotopic (exact) mass is 318 g/mol. The van der Waals surface area contributed by atoms with Crippen LogP contribution < -0.4 is 0 Å². The number of hydrogen-bond acceptors (Lipinski definition) is 2. The van der Waals surface area contributed by atoms with Gasteiger partial charge in [-0.15, -0.1) is 0 Å². The summed E-state index contributed by atoms with van der Waals surface area (Å²) in [5.41, 5.74) is 2.39. The van der Waals surface area contributed by atoms with Crippen LogP contribution in [0.25, 0.3) is 0 Å². The highest BCUT2D eigenvalue weighted by atomic mass is 32.2. The van der Waals surface area contributed by atoms with Gasteiger partial charge in [0.2, 0.25) is 0 Å². The Bertz CT molecular complexity index is 715.